The van der Waals surface area contributed by atoms with Gasteiger partial charge >= 0.3 is 5.97 Å². The summed E-state index contributed by atoms with van der Waals surface area (Å²) < 4.78 is 0. The van der Waals surface area contributed by atoms with E-state index in [1.807, 2.05) is 31.2 Å². The highest BCUT2D eigenvalue weighted by Gasteiger charge is 2.14. The zero-order valence-corrected chi connectivity index (χ0v) is 12.6. The van der Waals surface area contributed by atoms with Gasteiger partial charge in [-0.3, -0.25) is 9.97 Å². The van der Waals surface area contributed by atoms with E-state index in [-0.39, 0.29) is 11.5 Å². The second-order valence-corrected chi connectivity index (χ2v) is 5.50. The molecule has 1 N–H and O–H groups in total. The van der Waals surface area contributed by atoms with Gasteiger partial charge in [0.25, 0.3) is 0 Å². The van der Waals surface area contributed by atoms with Crippen LogP contribution in [0.4, 0.5) is 0 Å². The Hall–Kier alpha value is -2.46. The molecule has 0 fully saturated rings. The maximum absolute atomic E-state index is 11.3. The standard InChI is InChI=1S/C17H13ClN2O2/c1-10(15-5-3-12(18)9-20-15)11-2-4-16-14(8-11)13(17(21)22)6-7-19-16/h2-10H,1H3,(H,21,22). The number of aromatic carboxylic acids is 1. The molecule has 1 aromatic carbocycles. The molecule has 1 atom stereocenters. The Morgan fingerprint density at radius 1 is 1.18 bits per heavy atom. The predicted molar refractivity (Wildman–Crippen MR) is 85.5 cm³/mol. The van der Waals surface area contributed by atoms with Crippen molar-refractivity contribution in [2.75, 3.05) is 0 Å². The summed E-state index contributed by atoms with van der Waals surface area (Å²) in [4.78, 5) is 19.9. The molecule has 0 aliphatic rings. The fourth-order valence-corrected chi connectivity index (χ4v) is 2.55. The third kappa shape index (κ3) is 2.65. The molecule has 0 radical (unpaired) electrons. The van der Waals surface area contributed by atoms with E-state index in [0.29, 0.717) is 15.9 Å². The van der Waals surface area contributed by atoms with Gasteiger partial charge < -0.3 is 5.11 Å². The summed E-state index contributed by atoms with van der Waals surface area (Å²) in [5.41, 5.74) is 2.78. The SMILES string of the molecule is CC(c1ccc2nccc(C(=O)O)c2c1)c1ccc(Cl)cn1. The minimum atomic E-state index is -0.957. The molecular formula is C17H13ClN2O2. The molecule has 0 bridgehead atoms. The number of carbonyl (C=O) groups is 1. The number of benzene rings is 1. The van der Waals surface area contributed by atoms with Crippen molar-refractivity contribution in [2.45, 2.75) is 12.8 Å². The average Bonchev–Trinajstić information content (AvgIpc) is 2.53. The first-order valence-electron chi connectivity index (χ1n) is 6.79. The van der Waals surface area contributed by atoms with Crippen LogP contribution >= 0.6 is 11.6 Å². The monoisotopic (exact) mass is 312 g/mol. The van der Waals surface area contributed by atoms with Crippen LogP contribution in [0.5, 0.6) is 0 Å². The minimum Gasteiger partial charge on any atom is -0.478 e. The number of hydrogen-bond acceptors (Lipinski definition) is 3. The Morgan fingerprint density at radius 2 is 2.00 bits per heavy atom. The summed E-state index contributed by atoms with van der Waals surface area (Å²) >= 11 is 5.86. The van der Waals surface area contributed by atoms with Gasteiger partial charge in [-0.1, -0.05) is 24.6 Å². The normalized spacial score (nSPS) is 12.3. The lowest BCUT2D eigenvalue weighted by molar-refractivity contribution is 0.0699. The first-order valence-corrected chi connectivity index (χ1v) is 7.17. The molecule has 5 heteroatoms. The van der Waals surface area contributed by atoms with E-state index in [1.54, 1.807) is 12.3 Å². The molecule has 22 heavy (non-hydrogen) atoms. The van der Waals surface area contributed by atoms with Gasteiger partial charge in [0.05, 0.1) is 16.1 Å². The quantitative estimate of drug-likeness (QED) is 0.789. The summed E-state index contributed by atoms with van der Waals surface area (Å²) in [6.07, 6.45) is 3.12. The molecule has 0 saturated carbocycles. The molecule has 0 saturated heterocycles. The lowest BCUT2D eigenvalue weighted by Gasteiger charge is -2.13. The number of pyridine rings is 2. The fourth-order valence-electron chi connectivity index (χ4n) is 2.43. The van der Waals surface area contributed by atoms with Gasteiger partial charge in [0.15, 0.2) is 0 Å². The molecule has 3 aromatic rings. The lowest BCUT2D eigenvalue weighted by atomic mass is 9.94. The van der Waals surface area contributed by atoms with Crippen LogP contribution in [-0.4, -0.2) is 21.0 Å². The molecule has 4 nitrogen and oxygen atoms in total. The van der Waals surface area contributed by atoms with Gasteiger partial charge in [-0.05, 0) is 35.9 Å². The molecule has 1 unspecified atom stereocenters. The van der Waals surface area contributed by atoms with Crippen molar-refractivity contribution in [3.8, 4) is 0 Å². The van der Waals surface area contributed by atoms with Crippen molar-refractivity contribution >= 4 is 28.5 Å². The van der Waals surface area contributed by atoms with Crippen molar-refractivity contribution in [2.24, 2.45) is 0 Å². The van der Waals surface area contributed by atoms with Gasteiger partial charge in [0, 0.05) is 29.4 Å². The average molecular weight is 313 g/mol. The van der Waals surface area contributed by atoms with E-state index >= 15 is 0 Å². The third-order valence-corrected chi connectivity index (χ3v) is 3.91. The van der Waals surface area contributed by atoms with Crippen molar-refractivity contribution in [1.29, 1.82) is 0 Å². The van der Waals surface area contributed by atoms with Crippen molar-refractivity contribution < 1.29 is 9.90 Å². The molecule has 3 rings (SSSR count). The fraction of sp³-hybridized carbons (Fsp3) is 0.118. The van der Waals surface area contributed by atoms with Gasteiger partial charge in [0.2, 0.25) is 0 Å². The van der Waals surface area contributed by atoms with Crippen LogP contribution in [0, 0.1) is 0 Å². The Balaban J connectivity index is 2.09. The van der Waals surface area contributed by atoms with Crippen LogP contribution in [-0.2, 0) is 0 Å². The van der Waals surface area contributed by atoms with Crippen LogP contribution in [0.3, 0.4) is 0 Å². The molecule has 0 aliphatic heterocycles. The van der Waals surface area contributed by atoms with E-state index in [0.717, 1.165) is 11.3 Å². The van der Waals surface area contributed by atoms with Crippen LogP contribution < -0.4 is 0 Å². The number of halogens is 1. The van der Waals surface area contributed by atoms with E-state index in [2.05, 4.69) is 9.97 Å². The summed E-state index contributed by atoms with van der Waals surface area (Å²) in [6, 6.07) is 10.8. The highest BCUT2D eigenvalue weighted by atomic mass is 35.5. The number of hydrogen-bond donors (Lipinski definition) is 1. The Labute approximate surface area is 132 Å². The number of fused-ring (bicyclic) bond motifs is 1. The van der Waals surface area contributed by atoms with E-state index in [1.165, 1.54) is 12.3 Å². The van der Waals surface area contributed by atoms with Gasteiger partial charge in [-0.2, -0.15) is 0 Å². The van der Waals surface area contributed by atoms with E-state index in [9.17, 15) is 9.90 Å². The zero-order chi connectivity index (χ0) is 15.7. The third-order valence-electron chi connectivity index (χ3n) is 3.69. The number of aromatic nitrogens is 2. The maximum atomic E-state index is 11.3. The van der Waals surface area contributed by atoms with Crippen molar-refractivity contribution in [3.63, 3.8) is 0 Å². The largest absolute Gasteiger partial charge is 0.478 e. The first kappa shape index (κ1) is 14.5. The number of nitrogens with zero attached hydrogens (tertiary/aromatic N) is 2. The molecule has 0 aliphatic carbocycles. The molecule has 0 amide bonds. The van der Waals surface area contributed by atoms with Gasteiger partial charge in [0.1, 0.15) is 0 Å². The van der Waals surface area contributed by atoms with Crippen LogP contribution in [0.1, 0.15) is 34.5 Å². The summed E-state index contributed by atoms with van der Waals surface area (Å²) in [7, 11) is 0. The van der Waals surface area contributed by atoms with Crippen LogP contribution in [0.15, 0.2) is 48.8 Å². The Bertz CT molecular complexity index is 847. The molecular weight excluding hydrogens is 300 g/mol. The smallest absolute Gasteiger partial charge is 0.336 e. The van der Waals surface area contributed by atoms with Gasteiger partial charge in [-0.15, -0.1) is 0 Å². The molecule has 2 heterocycles. The summed E-state index contributed by atoms with van der Waals surface area (Å²) in [5.74, 6) is -0.926. The first-order chi connectivity index (χ1) is 10.6. The van der Waals surface area contributed by atoms with Crippen molar-refractivity contribution in [3.05, 3.63) is 70.6 Å². The molecule has 110 valence electrons. The summed E-state index contributed by atoms with van der Waals surface area (Å²) in [5, 5.41) is 10.5. The minimum absolute atomic E-state index is 0.0310. The zero-order valence-electron chi connectivity index (χ0n) is 11.8. The van der Waals surface area contributed by atoms with E-state index < -0.39 is 5.97 Å². The second-order valence-electron chi connectivity index (χ2n) is 5.06. The second kappa shape index (κ2) is 5.73. The maximum Gasteiger partial charge on any atom is 0.336 e. The highest BCUT2D eigenvalue weighted by molar-refractivity contribution is 6.30. The number of rotatable bonds is 3. The number of carboxylic acids is 1. The van der Waals surface area contributed by atoms with E-state index in [4.69, 9.17) is 11.6 Å². The molecule has 0 spiro atoms. The molecule has 2 aromatic heterocycles. The Kier molecular flexibility index (Phi) is 3.77. The summed E-state index contributed by atoms with van der Waals surface area (Å²) in [6.45, 7) is 2.02. The Morgan fingerprint density at radius 3 is 2.68 bits per heavy atom. The van der Waals surface area contributed by atoms with Crippen LogP contribution in [0.2, 0.25) is 5.02 Å². The highest BCUT2D eigenvalue weighted by Crippen LogP contribution is 2.27. The van der Waals surface area contributed by atoms with Gasteiger partial charge in [-0.25, -0.2) is 4.79 Å². The predicted octanol–water partition coefficient (Wildman–Crippen LogP) is 4.13. The van der Waals surface area contributed by atoms with Crippen LogP contribution in [0.25, 0.3) is 10.9 Å². The lowest BCUT2D eigenvalue weighted by Crippen LogP contribution is -2.02. The number of carboxylic acid groups (broad SMARTS) is 1. The van der Waals surface area contributed by atoms with Crippen molar-refractivity contribution in [1.82, 2.24) is 9.97 Å². The topological polar surface area (TPSA) is 63.1 Å².